The fourth-order valence-corrected chi connectivity index (χ4v) is 2.38. The molecule has 0 saturated heterocycles. The topological polar surface area (TPSA) is 137 Å². The highest BCUT2D eigenvalue weighted by Crippen LogP contribution is 2.30. The molecule has 0 bridgehead atoms. The Bertz CT molecular complexity index is 778. The molecule has 0 saturated carbocycles. The lowest BCUT2D eigenvalue weighted by molar-refractivity contribution is -0.139. The van der Waals surface area contributed by atoms with Gasteiger partial charge in [0.25, 0.3) is 0 Å². The molecule has 2 N–H and O–H groups in total. The minimum Gasteiger partial charge on any atom is -0.480 e. The number of ether oxygens (including phenoxy) is 4. The summed E-state index contributed by atoms with van der Waals surface area (Å²) in [6.45, 7) is 6.75. The zero-order chi connectivity index (χ0) is 23.4. The molecule has 0 aromatic heterocycles. The fourth-order valence-electron chi connectivity index (χ4n) is 2.38. The van der Waals surface area contributed by atoms with Crippen LogP contribution < -0.4 is 14.8 Å². The van der Waals surface area contributed by atoms with Crippen molar-refractivity contribution < 1.29 is 43.2 Å². The highest BCUT2D eigenvalue weighted by Gasteiger charge is 2.21. The van der Waals surface area contributed by atoms with Gasteiger partial charge in [-0.25, -0.2) is 4.79 Å². The van der Waals surface area contributed by atoms with Gasteiger partial charge in [0.1, 0.15) is 12.1 Å². The van der Waals surface area contributed by atoms with Crippen LogP contribution in [0.25, 0.3) is 0 Å². The van der Waals surface area contributed by atoms with Crippen LogP contribution in [0, 0.1) is 0 Å². The van der Waals surface area contributed by atoms with Gasteiger partial charge in [-0.1, -0.05) is 19.9 Å². The van der Waals surface area contributed by atoms with E-state index in [9.17, 15) is 24.3 Å². The monoisotopic (exact) mass is 439 g/mol. The van der Waals surface area contributed by atoms with Crippen LogP contribution >= 0.6 is 0 Å². The Hall–Kier alpha value is -3.14. The van der Waals surface area contributed by atoms with E-state index >= 15 is 0 Å². The summed E-state index contributed by atoms with van der Waals surface area (Å²) in [5, 5.41) is 12.3. The van der Waals surface area contributed by atoms with Gasteiger partial charge in [0.2, 0.25) is 0 Å². The molecule has 2 atom stereocenters. The van der Waals surface area contributed by atoms with Crippen LogP contribution in [0.1, 0.15) is 46.1 Å². The second-order valence-corrected chi connectivity index (χ2v) is 6.55. The Morgan fingerprint density at radius 3 is 2.16 bits per heavy atom. The van der Waals surface area contributed by atoms with Gasteiger partial charge in [-0.15, -0.1) is 0 Å². The zero-order valence-electron chi connectivity index (χ0n) is 18.1. The van der Waals surface area contributed by atoms with E-state index in [1.165, 1.54) is 12.1 Å². The molecule has 0 radical (unpaired) electrons. The lowest BCUT2D eigenvalue weighted by Crippen LogP contribution is -2.42. The summed E-state index contributed by atoms with van der Waals surface area (Å²) in [6.07, 6.45) is -1.15. The number of rotatable bonds is 12. The molecular weight excluding hydrogens is 410 g/mol. The highest BCUT2D eigenvalue weighted by atomic mass is 16.7. The maximum atomic E-state index is 11.7. The lowest BCUT2D eigenvalue weighted by Gasteiger charge is -2.19. The third-order valence-corrected chi connectivity index (χ3v) is 3.98. The van der Waals surface area contributed by atoms with Gasteiger partial charge in [-0.05, 0) is 38.0 Å². The van der Waals surface area contributed by atoms with Gasteiger partial charge < -0.3 is 29.4 Å². The maximum Gasteiger partial charge on any atom is 0.508 e. The molecule has 10 nitrogen and oxygen atoms in total. The number of carboxylic acid groups (broad SMARTS) is 1. The number of aliphatic carboxylic acids is 1. The van der Waals surface area contributed by atoms with Crippen LogP contribution in [0.2, 0.25) is 0 Å². The third-order valence-electron chi connectivity index (χ3n) is 3.98. The minimum atomic E-state index is -1.11. The summed E-state index contributed by atoms with van der Waals surface area (Å²) in [5.74, 6) is -2.02. The van der Waals surface area contributed by atoms with Gasteiger partial charge in [-0.3, -0.25) is 14.4 Å². The molecule has 0 aliphatic rings. The van der Waals surface area contributed by atoms with Crippen LogP contribution in [-0.4, -0.2) is 54.5 Å². The number of hydrogen-bond donors (Lipinski definition) is 2. The molecule has 1 rings (SSSR count). The van der Waals surface area contributed by atoms with Crippen molar-refractivity contribution >= 4 is 24.1 Å². The average molecular weight is 439 g/mol. The molecule has 172 valence electrons. The van der Waals surface area contributed by atoms with Crippen molar-refractivity contribution in [3.05, 3.63) is 23.8 Å². The van der Waals surface area contributed by atoms with Gasteiger partial charge >= 0.3 is 24.1 Å². The van der Waals surface area contributed by atoms with Crippen LogP contribution in [0.3, 0.4) is 0 Å². The Morgan fingerprint density at radius 1 is 1.00 bits per heavy atom. The van der Waals surface area contributed by atoms with E-state index in [4.69, 9.17) is 14.2 Å². The molecule has 10 heteroatoms. The van der Waals surface area contributed by atoms with E-state index in [1.54, 1.807) is 33.8 Å². The molecule has 0 aliphatic carbocycles. The van der Waals surface area contributed by atoms with Crippen LogP contribution in [-0.2, 0) is 30.3 Å². The van der Waals surface area contributed by atoms with E-state index in [1.807, 2.05) is 0 Å². The third kappa shape index (κ3) is 9.47. The van der Waals surface area contributed by atoms with Gasteiger partial charge in [0.05, 0.1) is 6.61 Å². The zero-order valence-corrected chi connectivity index (χ0v) is 18.1. The number of carboxylic acids is 1. The van der Waals surface area contributed by atoms with Gasteiger partial charge in [-0.2, -0.15) is 0 Å². The Labute approximate surface area is 180 Å². The summed E-state index contributed by atoms with van der Waals surface area (Å²) in [5.41, 5.74) is 0.536. The largest absolute Gasteiger partial charge is 0.508 e. The highest BCUT2D eigenvalue weighted by molar-refractivity contribution is 5.76. The predicted octanol–water partition coefficient (Wildman–Crippen LogP) is 2.46. The first-order valence-electron chi connectivity index (χ1n) is 10.0. The first-order valence-corrected chi connectivity index (χ1v) is 10.0. The molecule has 1 aromatic carbocycles. The first kappa shape index (κ1) is 25.9. The lowest BCUT2D eigenvalue weighted by atomic mass is 10.0. The molecule has 1 aromatic rings. The predicted molar refractivity (Wildman–Crippen MR) is 109 cm³/mol. The number of carbonyl (C=O) groups excluding carboxylic acids is 3. The second kappa shape index (κ2) is 13.2. The van der Waals surface area contributed by atoms with Crippen LogP contribution in [0.15, 0.2) is 18.2 Å². The standard InChI is InChI=1S/C21H29NO9/c1-5-18(23)30-16-9-8-14(11-17(16)31-19(24)6-2)10-15(20(25)26)22-12-13(4)29-21(27)28-7-3/h8-9,11,13,15,22H,5-7,10,12H2,1-4H3,(H,25,26)/t13?,15-/m0/s1. The molecule has 0 spiro atoms. The average Bonchev–Trinajstić information content (AvgIpc) is 2.72. The van der Waals surface area contributed by atoms with Crippen molar-refractivity contribution in [1.82, 2.24) is 5.32 Å². The Morgan fingerprint density at radius 2 is 1.61 bits per heavy atom. The smallest absolute Gasteiger partial charge is 0.480 e. The van der Waals surface area contributed by atoms with E-state index in [0.29, 0.717) is 5.56 Å². The normalized spacial score (nSPS) is 12.4. The number of hydrogen-bond acceptors (Lipinski definition) is 9. The minimum absolute atomic E-state index is 0.0364. The number of esters is 2. The fraction of sp³-hybridized carbons (Fsp3) is 0.524. The van der Waals surface area contributed by atoms with Crippen molar-refractivity contribution in [2.24, 2.45) is 0 Å². The molecule has 0 amide bonds. The summed E-state index contributed by atoms with van der Waals surface area (Å²) >= 11 is 0. The summed E-state index contributed by atoms with van der Waals surface area (Å²) in [6, 6.07) is 3.48. The quantitative estimate of drug-likeness (QED) is 0.369. The second-order valence-electron chi connectivity index (χ2n) is 6.55. The number of benzene rings is 1. The molecule has 0 aliphatic heterocycles. The van der Waals surface area contributed by atoms with Crippen molar-refractivity contribution in [3.8, 4) is 11.5 Å². The molecule has 0 heterocycles. The van der Waals surface area contributed by atoms with E-state index in [0.717, 1.165) is 0 Å². The molecule has 0 fully saturated rings. The summed E-state index contributed by atoms with van der Waals surface area (Å²) in [7, 11) is 0. The van der Waals surface area contributed by atoms with Crippen molar-refractivity contribution in [3.63, 3.8) is 0 Å². The van der Waals surface area contributed by atoms with Crippen molar-refractivity contribution in [2.75, 3.05) is 13.2 Å². The molecule has 31 heavy (non-hydrogen) atoms. The van der Waals surface area contributed by atoms with Crippen molar-refractivity contribution in [2.45, 2.75) is 59.1 Å². The Kier molecular flexibility index (Phi) is 11.0. The summed E-state index contributed by atoms with van der Waals surface area (Å²) in [4.78, 5) is 46.3. The molecular formula is C21H29NO9. The van der Waals surface area contributed by atoms with E-state index < -0.39 is 36.2 Å². The first-order chi connectivity index (χ1) is 14.7. The van der Waals surface area contributed by atoms with Gasteiger partial charge in [0, 0.05) is 19.4 Å². The Balaban J connectivity index is 2.90. The maximum absolute atomic E-state index is 11.7. The summed E-state index contributed by atoms with van der Waals surface area (Å²) < 4.78 is 20.1. The van der Waals surface area contributed by atoms with E-state index in [-0.39, 0.29) is 43.9 Å². The molecule has 1 unspecified atom stereocenters. The van der Waals surface area contributed by atoms with Crippen molar-refractivity contribution in [1.29, 1.82) is 0 Å². The van der Waals surface area contributed by atoms with E-state index in [2.05, 4.69) is 10.1 Å². The number of carbonyl (C=O) groups is 4. The number of nitrogens with one attached hydrogen (secondary N) is 1. The van der Waals surface area contributed by atoms with Crippen LogP contribution in [0.5, 0.6) is 11.5 Å². The SMILES string of the molecule is CCOC(=O)OC(C)CN[C@@H](Cc1ccc(OC(=O)CC)c(OC(=O)CC)c1)C(=O)O. The van der Waals surface area contributed by atoms with Gasteiger partial charge in [0.15, 0.2) is 11.5 Å². The van der Waals surface area contributed by atoms with Crippen LogP contribution in [0.4, 0.5) is 4.79 Å².